The Morgan fingerprint density at radius 2 is 2.15 bits per heavy atom. The number of benzene rings is 1. The molecule has 0 saturated carbocycles. The van der Waals surface area contributed by atoms with Crippen molar-refractivity contribution < 1.29 is 14.3 Å². The maximum absolute atomic E-state index is 12.2. The van der Waals surface area contributed by atoms with Crippen LogP contribution in [-0.4, -0.2) is 59.9 Å². The van der Waals surface area contributed by atoms with Crippen LogP contribution in [0, 0.1) is 0 Å². The molecular formula is C16H21N5O3S2. The van der Waals surface area contributed by atoms with Gasteiger partial charge in [-0.2, -0.15) is 0 Å². The second-order valence-corrected chi connectivity index (χ2v) is 7.42. The molecule has 0 spiro atoms. The molecular weight excluding hydrogens is 374 g/mol. The molecule has 2 aromatic rings. The highest BCUT2D eigenvalue weighted by atomic mass is 32.2. The second kappa shape index (κ2) is 9.97. The Balaban J connectivity index is 1.78. The van der Waals surface area contributed by atoms with E-state index in [4.69, 9.17) is 4.74 Å². The highest BCUT2D eigenvalue weighted by molar-refractivity contribution is 8.01. The normalized spacial score (nSPS) is 10.3. The van der Waals surface area contributed by atoms with Gasteiger partial charge in [0, 0.05) is 25.3 Å². The number of carbonyl (C=O) groups is 2. The first kappa shape index (κ1) is 20.0. The molecule has 0 radical (unpaired) electrons. The van der Waals surface area contributed by atoms with Gasteiger partial charge in [0.15, 0.2) is 4.34 Å². The minimum atomic E-state index is -0.274. The summed E-state index contributed by atoms with van der Waals surface area (Å²) in [5.74, 6) is 0.419. The molecule has 0 aliphatic carbocycles. The van der Waals surface area contributed by atoms with Gasteiger partial charge in [-0.15, -0.1) is 10.2 Å². The molecule has 0 unspecified atom stereocenters. The van der Waals surface area contributed by atoms with E-state index in [0.717, 1.165) is 11.7 Å². The number of anilines is 2. The van der Waals surface area contributed by atoms with Crippen molar-refractivity contribution in [1.82, 2.24) is 15.1 Å². The molecule has 0 aliphatic rings. The van der Waals surface area contributed by atoms with Gasteiger partial charge in [0.1, 0.15) is 5.75 Å². The molecule has 0 aliphatic heterocycles. The number of amides is 2. The molecule has 1 aromatic carbocycles. The van der Waals surface area contributed by atoms with Crippen LogP contribution in [0.25, 0.3) is 0 Å². The summed E-state index contributed by atoms with van der Waals surface area (Å²) in [6.07, 6.45) is 0. The van der Waals surface area contributed by atoms with Crippen LogP contribution < -0.4 is 15.4 Å². The lowest BCUT2D eigenvalue weighted by Crippen LogP contribution is -2.35. The van der Waals surface area contributed by atoms with Gasteiger partial charge in [-0.25, -0.2) is 0 Å². The van der Waals surface area contributed by atoms with Crippen molar-refractivity contribution in [3.05, 3.63) is 24.3 Å². The van der Waals surface area contributed by atoms with Crippen LogP contribution in [0.4, 0.5) is 10.8 Å². The Bertz CT molecular complexity index is 753. The summed E-state index contributed by atoms with van der Waals surface area (Å²) in [5.41, 5.74) is 0.620. The summed E-state index contributed by atoms with van der Waals surface area (Å²) in [6, 6.07) is 7.05. The van der Waals surface area contributed by atoms with E-state index < -0.39 is 0 Å². The maximum atomic E-state index is 12.2. The van der Waals surface area contributed by atoms with Crippen LogP contribution in [0.3, 0.4) is 0 Å². The number of likely N-dealkylation sites (N-methyl/N-ethyl adjacent to an activating group) is 1. The predicted molar refractivity (Wildman–Crippen MR) is 104 cm³/mol. The number of hydrogen-bond acceptors (Lipinski definition) is 8. The van der Waals surface area contributed by atoms with Gasteiger partial charge in [0.2, 0.25) is 16.9 Å². The first-order valence-corrected chi connectivity index (χ1v) is 9.70. The molecule has 8 nitrogen and oxygen atoms in total. The SMILES string of the molecule is CCNc1nnc(SCC(=O)N(C)CC(=O)Nc2cccc(OC)c2)s1. The molecule has 2 rings (SSSR count). The van der Waals surface area contributed by atoms with Crippen LogP contribution in [0.2, 0.25) is 0 Å². The number of nitrogens with one attached hydrogen (secondary N) is 2. The quantitative estimate of drug-likeness (QED) is 0.628. The number of ether oxygens (including phenoxy) is 1. The van der Waals surface area contributed by atoms with Crippen molar-refractivity contribution in [2.75, 3.05) is 43.6 Å². The first-order valence-electron chi connectivity index (χ1n) is 7.90. The van der Waals surface area contributed by atoms with E-state index in [9.17, 15) is 9.59 Å². The van der Waals surface area contributed by atoms with Crippen molar-refractivity contribution in [3.63, 3.8) is 0 Å². The Labute approximate surface area is 160 Å². The largest absolute Gasteiger partial charge is 0.497 e. The van der Waals surface area contributed by atoms with Gasteiger partial charge < -0.3 is 20.3 Å². The Hall–Kier alpha value is -2.33. The average Bonchev–Trinajstić information content (AvgIpc) is 3.07. The topological polar surface area (TPSA) is 96.5 Å². The van der Waals surface area contributed by atoms with Gasteiger partial charge >= 0.3 is 0 Å². The summed E-state index contributed by atoms with van der Waals surface area (Å²) >= 11 is 2.70. The van der Waals surface area contributed by atoms with E-state index in [1.807, 2.05) is 6.92 Å². The van der Waals surface area contributed by atoms with Crippen LogP contribution in [-0.2, 0) is 9.59 Å². The zero-order valence-corrected chi connectivity index (χ0v) is 16.4. The molecule has 2 amide bonds. The molecule has 0 bridgehead atoms. The third-order valence-corrected chi connectivity index (χ3v) is 5.21. The Morgan fingerprint density at radius 1 is 1.35 bits per heavy atom. The monoisotopic (exact) mass is 395 g/mol. The third-order valence-electron chi connectivity index (χ3n) is 3.21. The average molecular weight is 396 g/mol. The standard InChI is InChI=1S/C16H21N5O3S2/c1-4-17-15-19-20-16(26-15)25-10-14(23)21(2)9-13(22)18-11-6-5-7-12(8-11)24-3/h5-8H,4,9-10H2,1-3H3,(H,17,19)(H,18,22). The van der Waals surface area contributed by atoms with E-state index in [2.05, 4.69) is 20.8 Å². The van der Waals surface area contributed by atoms with Crippen LogP contribution in [0.1, 0.15) is 6.92 Å². The minimum Gasteiger partial charge on any atom is -0.497 e. The molecule has 26 heavy (non-hydrogen) atoms. The van der Waals surface area contributed by atoms with Crippen LogP contribution >= 0.6 is 23.1 Å². The number of rotatable bonds is 9. The maximum Gasteiger partial charge on any atom is 0.243 e. The first-order chi connectivity index (χ1) is 12.5. The lowest BCUT2D eigenvalue weighted by atomic mass is 10.3. The van der Waals surface area contributed by atoms with Crippen molar-refractivity contribution in [3.8, 4) is 5.75 Å². The molecule has 0 saturated heterocycles. The van der Waals surface area contributed by atoms with Gasteiger partial charge in [-0.1, -0.05) is 29.2 Å². The van der Waals surface area contributed by atoms with Gasteiger partial charge in [0.05, 0.1) is 19.4 Å². The summed E-state index contributed by atoms with van der Waals surface area (Å²) in [5, 5.41) is 14.5. The number of carbonyl (C=O) groups excluding carboxylic acids is 2. The fourth-order valence-corrected chi connectivity index (χ4v) is 3.69. The van der Waals surface area contributed by atoms with Crippen LogP contribution in [0.5, 0.6) is 5.75 Å². The Kier molecular flexibility index (Phi) is 7.67. The number of aromatic nitrogens is 2. The number of methoxy groups -OCH3 is 1. The fourth-order valence-electron chi connectivity index (χ4n) is 1.93. The molecule has 1 heterocycles. The fraction of sp³-hybridized carbons (Fsp3) is 0.375. The highest BCUT2D eigenvalue weighted by Gasteiger charge is 2.15. The number of thioether (sulfide) groups is 1. The van der Waals surface area contributed by atoms with Crippen LogP contribution in [0.15, 0.2) is 28.6 Å². The van der Waals surface area contributed by atoms with E-state index in [1.165, 1.54) is 28.0 Å². The van der Waals surface area contributed by atoms with E-state index in [1.54, 1.807) is 38.4 Å². The smallest absolute Gasteiger partial charge is 0.243 e. The lowest BCUT2D eigenvalue weighted by molar-refractivity contribution is -0.131. The number of hydrogen-bond donors (Lipinski definition) is 2. The molecule has 0 fully saturated rings. The predicted octanol–water partition coefficient (Wildman–Crippen LogP) is 2.17. The van der Waals surface area contributed by atoms with E-state index in [-0.39, 0.29) is 24.1 Å². The third kappa shape index (κ3) is 6.19. The highest BCUT2D eigenvalue weighted by Crippen LogP contribution is 2.25. The summed E-state index contributed by atoms with van der Waals surface area (Å²) in [4.78, 5) is 25.7. The lowest BCUT2D eigenvalue weighted by Gasteiger charge is -2.16. The summed E-state index contributed by atoms with van der Waals surface area (Å²) in [7, 11) is 3.16. The summed E-state index contributed by atoms with van der Waals surface area (Å²) in [6.45, 7) is 2.71. The second-order valence-electron chi connectivity index (χ2n) is 5.22. The molecule has 140 valence electrons. The molecule has 0 atom stereocenters. The van der Waals surface area contributed by atoms with Crippen molar-refractivity contribution in [2.45, 2.75) is 11.3 Å². The molecule has 1 aromatic heterocycles. The van der Waals surface area contributed by atoms with Gasteiger partial charge in [0.25, 0.3) is 0 Å². The zero-order valence-electron chi connectivity index (χ0n) is 14.8. The summed E-state index contributed by atoms with van der Waals surface area (Å²) < 4.78 is 5.83. The van der Waals surface area contributed by atoms with E-state index in [0.29, 0.717) is 15.8 Å². The van der Waals surface area contributed by atoms with E-state index >= 15 is 0 Å². The van der Waals surface area contributed by atoms with Gasteiger partial charge in [-0.3, -0.25) is 9.59 Å². The number of nitrogens with zero attached hydrogens (tertiary/aromatic N) is 3. The van der Waals surface area contributed by atoms with Crippen molar-refractivity contribution in [2.24, 2.45) is 0 Å². The Morgan fingerprint density at radius 3 is 2.88 bits per heavy atom. The zero-order chi connectivity index (χ0) is 18.9. The molecule has 10 heteroatoms. The van der Waals surface area contributed by atoms with Crippen molar-refractivity contribution >= 4 is 45.7 Å². The minimum absolute atomic E-state index is 0.0324. The van der Waals surface area contributed by atoms with Crippen molar-refractivity contribution in [1.29, 1.82) is 0 Å². The molecule has 2 N–H and O–H groups in total. The van der Waals surface area contributed by atoms with Gasteiger partial charge in [-0.05, 0) is 19.1 Å².